The van der Waals surface area contributed by atoms with Crippen LogP contribution >= 0.6 is 11.6 Å². The van der Waals surface area contributed by atoms with Crippen LogP contribution < -0.4 is 5.32 Å². The Morgan fingerprint density at radius 2 is 2.07 bits per heavy atom. The van der Waals surface area contributed by atoms with E-state index in [9.17, 15) is 18.0 Å². The predicted molar refractivity (Wildman–Crippen MR) is 103 cm³/mol. The Labute approximate surface area is 164 Å². The van der Waals surface area contributed by atoms with Crippen molar-refractivity contribution in [2.75, 3.05) is 39.1 Å². The molecule has 1 fully saturated rings. The number of ether oxygens (including phenoxy) is 1. The van der Waals surface area contributed by atoms with Gasteiger partial charge in [-0.3, -0.25) is 4.79 Å². The second kappa shape index (κ2) is 9.01. The highest BCUT2D eigenvalue weighted by Crippen LogP contribution is 2.26. The van der Waals surface area contributed by atoms with Crippen LogP contribution in [0, 0.1) is 5.92 Å². The van der Waals surface area contributed by atoms with E-state index in [-0.39, 0.29) is 24.1 Å². The second-order valence-electron chi connectivity index (χ2n) is 6.39. The van der Waals surface area contributed by atoms with E-state index in [0.717, 1.165) is 4.31 Å². The van der Waals surface area contributed by atoms with E-state index in [4.69, 9.17) is 16.3 Å². The van der Waals surface area contributed by atoms with Gasteiger partial charge in [0.25, 0.3) is 10.2 Å². The summed E-state index contributed by atoms with van der Waals surface area (Å²) < 4.78 is 31.9. The SMILES string of the molecule is CCOC(=O)c1ccc(NC(=O)[C@@H]2CCCN(S(=O)(=O)N(C)C)C2)c(Cl)c1. The number of nitrogens with zero attached hydrogens (tertiary/aromatic N) is 2. The lowest BCUT2D eigenvalue weighted by molar-refractivity contribution is -0.120. The van der Waals surface area contributed by atoms with Gasteiger partial charge < -0.3 is 10.1 Å². The summed E-state index contributed by atoms with van der Waals surface area (Å²) in [5.41, 5.74) is 0.656. The Kier molecular flexibility index (Phi) is 7.21. The Hall–Kier alpha value is -1.68. The first-order chi connectivity index (χ1) is 12.7. The van der Waals surface area contributed by atoms with Crippen LogP contribution in [0.5, 0.6) is 0 Å². The van der Waals surface area contributed by atoms with Crippen LogP contribution in [-0.4, -0.2) is 62.7 Å². The minimum absolute atomic E-state index is 0.116. The molecule has 0 spiro atoms. The topological polar surface area (TPSA) is 96.0 Å². The lowest BCUT2D eigenvalue weighted by atomic mass is 9.98. The Morgan fingerprint density at radius 3 is 2.67 bits per heavy atom. The van der Waals surface area contributed by atoms with Crippen LogP contribution in [-0.2, 0) is 19.7 Å². The van der Waals surface area contributed by atoms with Crippen molar-refractivity contribution in [3.8, 4) is 0 Å². The maximum atomic E-state index is 12.6. The summed E-state index contributed by atoms with van der Waals surface area (Å²) in [6.45, 7) is 2.46. The van der Waals surface area contributed by atoms with Crippen LogP contribution in [0.3, 0.4) is 0 Å². The molecule has 1 aliphatic rings. The van der Waals surface area contributed by atoms with Crippen molar-refractivity contribution in [1.82, 2.24) is 8.61 Å². The monoisotopic (exact) mass is 417 g/mol. The number of rotatable bonds is 6. The molecule has 1 amide bonds. The fraction of sp³-hybridized carbons (Fsp3) is 0.529. The van der Waals surface area contributed by atoms with Gasteiger partial charge in [0.2, 0.25) is 5.91 Å². The lowest BCUT2D eigenvalue weighted by Crippen LogP contribution is -2.47. The zero-order chi connectivity index (χ0) is 20.2. The molecule has 1 aromatic rings. The van der Waals surface area contributed by atoms with Gasteiger partial charge in [-0.15, -0.1) is 0 Å². The van der Waals surface area contributed by atoms with Crippen LogP contribution in [0.1, 0.15) is 30.1 Å². The molecule has 150 valence electrons. The molecule has 0 aliphatic carbocycles. The number of amides is 1. The molecule has 8 nitrogen and oxygen atoms in total. The third-order valence-electron chi connectivity index (χ3n) is 4.28. The quantitative estimate of drug-likeness (QED) is 0.714. The van der Waals surface area contributed by atoms with E-state index in [0.29, 0.717) is 30.6 Å². The van der Waals surface area contributed by atoms with Gasteiger partial charge in [-0.2, -0.15) is 17.0 Å². The maximum Gasteiger partial charge on any atom is 0.338 e. The summed E-state index contributed by atoms with van der Waals surface area (Å²) in [6, 6.07) is 4.48. The van der Waals surface area contributed by atoms with E-state index in [1.807, 2.05) is 0 Å². The van der Waals surface area contributed by atoms with E-state index >= 15 is 0 Å². The first-order valence-corrected chi connectivity index (χ1v) is 10.4. The van der Waals surface area contributed by atoms with Gasteiger partial charge in [-0.25, -0.2) is 4.79 Å². The summed E-state index contributed by atoms with van der Waals surface area (Å²) in [5.74, 6) is -1.28. The highest BCUT2D eigenvalue weighted by atomic mass is 35.5. The van der Waals surface area contributed by atoms with Gasteiger partial charge in [-0.1, -0.05) is 11.6 Å². The number of hydrogen-bond donors (Lipinski definition) is 1. The van der Waals surface area contributed by atoms with Crippen molar-refractivity contribution in [1.29, 1.82) is 0 Å². The molecular formula is C17H24ClN3O5S. The van der Waals surface area contributed by atoms with E-state index in [2.05, 4.69) is 5.32 Å². The largest absolute Gasteiger partial charge is 0.462 e. The smallest absolute Gasteiger partial charge is 0.338 e. The first kappa shape index (κ1) is 21.6. The molecule has 0 radical (unpaired) electrons. The molecule has 2 rings (SSSR count). The molecule has 0 aromatic heterocycles. The Bertz CT molecular complexity index is 813. The van der Waals surface area contributed by atoms with Crippen LogP contribution in [0.2, 0.25) is 5.02 Å². The molecular weight excluding hydrogens is 394 g/mol. The number of nitrogens with one attached hydrogen (secondary N) is 1. The molecule has 1 heterocycles. The molecule has 1 aromatic carbocycles. The molecule has 0 saturated carbocycles. The zero-order valence-electron chi connectivity index (χ0n) is 15.6. The van der Waals surface area contributed by atoms with E-state index in [1.165, 1.54) is 36.6 Å². The third kappa shape index (κ3) is 5.19. The average Bonchev–Trinajstić information content (AvgIpc) is 2.63. The van der Waals surface area contributed by atoms with Gasteiger partial charge in [0.1, 0.15) is 0 Å². The Morgan fingerprint density at radius 1 is 1.37 bits per heavy atom. The number of halogens is 1. The fourth-order valence-electron chi connectivity index (χ4n) is 2.79. The van der Waals surface area contributed by atoms with Crippen LogP contribution in [0.25, 0.3) is 0 Å². The normalized spacial score (nSPS) is 18.3. The molecule has 1 N–H and O–H groups in total. The van der Waals surface area contributed by atoms with Crippen molar-refractivity contribution in [3.05, 3.63) is 28.8 Å². The van der Waals surface area contributed by atoms with Gasteiger partial charge >= 0.3 is 5.97 Å². The second-order valence-corrected chi connectivity index (χ2v) is 8.94. The summed E-state index contributed by atoms with van der Waals surface area (Å²) >= 11 is 6.16. The van der Waals surface area contributed by atoms with Crippen molar-refractivity contribution in [2.24, 2.45) is 5.92 Å². The lowest BCUT2D eigenvalue weighted by Gasteiger charge is -2.32. The highest BCUT2D eigenvalue weighted by Gasteiger charge is 2.33. The third-order valence-corrected chi connectivity index (χ3v) is 6.50. The molecule has 1 saturated heterocycles. The van der Waals surface area contributed by atoms with Crippen molar-refractivity contribution in [3.63, 3.8) is 0 Å². The summed E-state index contributed by atoms with van der Waals surface area (Å²) in [7, 11) is -0.634. The zero-order valence-corrected chi connectivity index (χ0v) is 17.1. The minimum atomic E-state index is -3.56. The molecule has 0 unspecified atom stereocenters. The predicted octanol–water partition coefficient (Wildman–Crippen LogP) is 1.97. The number of hydrogen-bond acceptors (Lipinski definition) is 5. The van der Waals surface area contributed by atoms with Crippen molar-refractivity contribution >= 4 is 39.4 Å². The van der Waals surface area contributed by atoms with Gasteiger partial charge in [-0.05, 0) is 38.0 Å². The minimum Gasteiger partial charge on any atom is -0.462 e. The van der Waals surface area contributed by atoms with Crippen LogP contribution in [0.4, 0.5) is 5.69 Å². The van der Waals surface area contributed by atoms with Crippen molar-refractivity contribution in [2.45, 2.75) is 19.8 Å². The summed E-state index contributed by atoms with van der Waals surface area (Å²) in [4.78, 5) is 24.3. The number of carbonyl (C=O) groups excluding carboxylic acids is 2. The van der Waals surface area contributed by atoms with Gasteiger partial charge in [0.05, 0.1) is 28.8 Å². The summed E-state index contributed by atoms with van der Waals surface area (Å²) in [6.07, 6.45) is 1.19. The van der Waals surface area contributed by atoms with E-state index < -0.39 is 22.1 Å². The van der Waals surface area contributed by atoms with E-state index in [1.54, 1.807) is 6.92 Å². The van der Waals surface area contributed by atoms with Gasteiger partial charge in [0.15, 0.2) is 0 Å². The standard InChI is InChI=1S/C17H24ClN3O5S/c1-4-26-17(23)12-7-8-15(14(18)10-12)19-16(22)13-6-5-9-21(11-13)27(24,25)20(2)3/h7-8,10,13H,4-6,9,11H2,1-3H3,(H,19,22)/t13-/m1/s1. The molecule has 1 atom stereocenters. The Balaban J connectivity index is 2.07. The van der Waals surface area contributed by atoms with Crippen molar-refractivity contribution < 1.29 is 22.7 Å². The van der Waals surface area contributed by atoms with Crippen LogP contribution in [0.15, 0.2) is 18.2 Å². The number of anilines is 1. The van der Waals surface area contributed by atoms with Gasteiger partial charge in [0, 0.05) is 27.2 Å². The molecule has 1 aliphatic heterocycles. The molecule has 10 heteroatoms. The molecule has 0 bridgehead atoms. The fourth-order valence-corrected chi connectivity index (χ4v) is 4.21. The number of benzene rings is 1. The number of carbonyl (C=O) groups is 2. The summed E-state index contributed by atoms with van der Waals surface area (Å²) in [5, 5.41) is 2.93. The first-order valence-electron chi connectivity index (χ1n) is 8.62. The number of esters is 1. The average molecular weight is 418 g/mol. The number of piperidine rings is 1. The highest BCUT2D eigenvalue weighted by molar-refractivity contribution is 7.86. The molecule has 27 heavy (non-hydrogen) atoms. The maximum absolute atomic E-state index is 12.6.